The molecule has 3 aliphatic rings. The quantitative estimate of drug-likeness (QED) is 0.284. The molecule has 4 amide bonds. The van der Waals surface area contributed by atoms with Crippen LogP contribution in [0, 0.1) is 5.92 Å². The van der Waals surface area contributed by atoms with Crippen molar-refractivity contribution in [1.29, 1.82) is 0 Å². The predicted molar refractivity (Wildman–Crippen MR) is 157 cm³/mol. The molecule has 2 fully saturated rings. The van der Waals surface area contributed by atoms with Crippen LogP contribution in [0.1, 0.15) is 56.9 Å². The van der Waals surface area contributed by atoms with Crippen molar-refractivity contribution >= 4 is 23.8 Å². The topological polar surface area (TPSA) is 155 Å². The zero-order chi connectivity index (χ0) is 31.1. The zero-order valence-corrected chi connectivity index (χ0v) is 25.5. The van der Waals surface area contributed by atoms with Crippen molar-refractivity contribution in [3.63, 3.8) is 0 Å². The van der Waals surface area contributed by atoms with Gasteiger partial charge in [-0.05, 0) is 49.9 Å². The number of likely N-dealkylation sites (tertiary alicyclic amines) is 1. The molecule has 238 valence electrons. The van der Waals surface area contributed by atoms with Gasteiger partial charge in [-0.2, -0.15) is 0 Å². The molecular weight excluding hydrogens is 558 g/mol. The van der Waals surface area contributed by atoms with E-state index < -0.39 is 29.9 Å². The second-order valence-electron chi connectivity index (χ2n) is 11.4. The average molecular weight is 604 g/mol. The van der Waals surface area contributed by atoms with Crippen molar-refractivity contribution in [2.75, 3.05) is 66.8 Å². The number of nitrogens with two attached hydrogens (primary N) is 1. The summed E-state index contributed by atoms with van der Waals surface area (Å²) >= 11 is 0. The molecule has 43 heavy (non-hydrogen) atoms. The van der Waals surface area contributed by atoms with Crippen LogP contribution in [-0.2, 0) is 14.4 Å². The van der Waals surface area contributed by atoms with Gasteiger partial charge in [0.05, 0.1) is 19.6 Å². The minimum atomic E-state index is -1.01. The molecule has 0 radical (unpaired) electrons. The second-order valence-corrected chi connectivity index (χ2v) is 11.4. The highest BCUT2D eigenvalue weighted by atomic mass is 16.7. The van der Waals surface area contributed by atoms with Crippen LogP contribution >= 0.6 is 0 Å². The number of hydrogen-bond donors (Lipinski definition) is 2. The Labute approximate surface area is 252 Å². The molecule has 0 aliphatic carbocycles. The van der Waals surface area contributed by atoms with Gasteiger partial charge in [-0.15, -0.1) is 0 Å². The molecule has 1 aromatic carbocycles. The van der Waals surface area contributed by atoms with Crippen LogP contribution < -0.4 is 19.9 Å². The predicted octanol–water partition coefficient (Wildman–Crippen LogP) is 1.93. The first-order valence-corrected chi connectivity index (χ1v) is 15.2. The maximum Gasteiger partial charge on any atom is 0.326 e. The Hall–Kier alpha value is -3.58. The Morgan fingerprint density at radius 2 is 1.93 bits per heavy atom. The van der Waals surface area contributed by atoms with E-state index in [1.165, 1.54) is 16.9 Å². The minimum absolute atomic E-state index is 0.0285. The first kappa shape index (κ1) is 32.3. The summed E-state index contributed by atoms with van der Waals surface area (Å²) in [5.74, 6) is -1.40. The first-order chi connectivity index (χ1) is 20.7. The van der Waals surface area contributed by atoms with Gasteiger partial charge < -0.3 is 34.9 Å². The summed E-state index contributed by atoms with van der Waals surface area (Å²) in [6, 6.07) is 2.55. The van der Waals surface area contributed by atoms with Gasteiger partial charge in [0, 0.05) is 58.2 Å². The van der Waals surface area contributed by atoms with Crippen molar-refractivity contribution in [1.82, 2.24) is 19.6 Å². The number of nitrogens with zero attached hydrogens (tertiary/aromatic N) is 4. The van der Waals surface area contributed by atoms with Crippen molar-refractivity contribution in [3.05, 3.63) is 17.7 Å². The highest BCUT2D eigenvalue weighted by Crippen LogP contribution is 2.47. The number of carbonyl (C=O) groups excluding carboxylic acids is 3. The van der Waals surface area contributed by atoms with Gasteiger partial charge in [-0.1, -0.05) is 13.3 Å². The summed E-state index contributed by atoms with van der Waals surface area (Å²) in [6.07, 6.45) is 3.83. The number of carboxylic acids is 1. The monoisotopic (exact) mass is 603 g/mol. The molecular formula is C30H45N5O8. The normalized spacial score (nSPS) is 21.9. The standard InChI is InChI=1S/C30H45N5O8/c1-4-5-11-33(12-7-6-10-31)26(37)18-34-17-21(20-15-23(41-3)28-24(16-20)42-19-43-28)27(29(38)39)22(34)8-14-35-25(36)9-13-32(2)30(35)40/h15-16,21-22,27H,4-14,17-19,31H2,1-3H3,(H,38,39)/t21-,22+,27?/m1/s1. The van der Waals surface area contributed by atoms with E-state index >= 15 is 0 Å². The van der Waals surface area contributed by atoms with E-state index in [-0.39, 0.29) is 44.5 Å². The van der Waals surface area contributed by atoms with Gasteiger partial charge in [0.15, 0.2) is 11.5 Å². The summed E-state index contributed by atoms with van der Waals surface area (Å²) in [5, 5.41) is 10.6. The summed E-state index contributed by atoms with van der Waals surface area (Å²) < 4.78 is 16.7. The number of urea groups is 1. The largest absolute Gasteiger partial charge is 0.493 e. The van der Waals surface area contributed by atoms with E-state index in [1.807, 2.05) is 9.80 Å². The van der Waals surface area contributed by atoms with Crippen molar-refractivity contribution < 1.29 is 38.5 Å². The number of ether oxygens (including phenoxy) is 3. The average Bonchev–Trinajstić information content (AvgIpc) is 3.61. The fourth-order valence-electron chi connectivity index (χ4n) is 6.27. The third-order valence-electron chi connectivity index (χ3n) is 8.67. The molecule has 2 saturated heterocycles. The SMILES string of the molecule is CCCCN(CCCCN)C(=O)CN1C[C@H](c2cc(OC)c3c(c2)OCO3)C(C(=O)O)[C@@H]1CCN1C(=O)CCN(C)C1=O. The van der Waals surface area contributed by atoms with E-state index in [1.54, 1.807) is 19.2 Å². The zero-order valence-electron chi connectivity index (χ0n) is 25.5. The fraction of sp³-hybridized carbons (Fsp3) is 0.667. The van der Waals surface area contributed by atoms with E-state index in [4.69, 9.17) is 19.9 Å². The van der Waals surface area contributed by atoms with Crippen LogP contribution in [0.5, 0.6) is 17.2 Å². The van der Waals surface area contributed by atoms with Gasteiger partial charge >= 0.3 is 12.0 Å². The highest BCUT2D eigenvalue weighted by molar-refractivity contribution is 5.96. The number of carboxylic acid groups (broad SMARTS) is 1. The van der Waals surface area contributed by atoms with E-state index in [0.717, 1.165) is 25.7 Å². The lowest BCUT2D eigenvalue weighted by Gasteiger charge is -2.34. The number of benzene rings is 1. The number of imide groups is 1. The van der Waals surface area contributed by atoms with Crippen LogP contribution in [0.15, 0.2) is 12.1 Å². The second kappa shape index (κ2) is 14.7. The molecule has 0 spiro atoms. The van der Waals surface area contributed by atoms with Crippen LogP contribution in [0.25, 0.3) is 0 Å². The van der Waals surface area contributed by atoms with Crippen molar-refractivity contribution in [2.24, 2.45) is 11.7 Å². The Balaban J connectivity index is 1.63. The molecule has 0 aromatic heterocycles. The number of hydrogen-bond acceptors (Lipinski definition) is 9. The van der Waals surface area contributed by atoms with E-state index in [2.05, 4.69) is 6.92 Å². The molecule has 0 bridgehead atoms. The van der Waals surface area contributed by atoms with E-state index in [9.17, 15) is 24.3 Å². The summed E-state index contributed by atoms with van der Waals surface area (Å²) in [7, 11) is 3.15. The maximum atomic E-state index is 13.7. The number of aliphatic carboxylic acids is 1. The van der Waals surface area contributed by atoms with Crippen LogP contribution in [-0.4, -0.2) is 121 Å². The lowest BCUT2D eigenvalue weighted by Crippen LogP contribution is -2.52. The minimum Gasteiger partial charge on any atom is -0.493 e. The molecule has 3 aliphatic heterocycles. The summed E-state index contributed by atoms with van der Waals surface area (Å²) in [5.41, 5.74) is 6.38. The number of carbonyl (C=O) groups is 4. The summed E-state index contributed by atoms with van der Waals surface area (Å²) in [6.45, 7) is 4.60. The number of methoxy groups -OCH3 is 1. The highest BCUT2D eigenvalue weighted by Gasteiger charge is 2.48. The number of amides is 4. The van der Waals surface area contributed by atoms with Crippen LogP contribution in [0.2, 0.25) is 0 Å². The third kappa shape index (κ3) is 7.32. The van der Waals surface area contributed by atoms with Gasteiger partial charge in [0.25, 0.3) is 0 Å². The van der Waals surface area contributed by atoms with Crippen LogP contribution in [0.4, 0.5) is 4.79 Å². The lowest BCUT2D eigenvalue weighted by molar-refractivity contribution is -0.144. The Morgan fingerprint density at radius 1 is 1.16 bits per heavy atom. The molecule has 13 nitrogen and oxygen atoms in total. The van der Waals surface area contributed by atoms with Crippen LogP contribution in [0.3, 0.4) is 0 Å². The Kier molecular flexibility index (Phi) is 11.1. The number of unbranched alkanes of at least 4 members (excludes halogenated alkanes) is 2. The van der Waals surface area contributed by atoms with E-state index in [0.29, 0.717) is 55.5 Å². The fourth-order valence-corrected chi connectivity index (χ4v) is 6.27. The number of rotatable bonds is 15. The Morgan fingerprint density at radius 3 is 2.63 bits per heavy atom. The first-order valence-electron chi connectivity index (χ1n) is 15.2. The maximum absolute atomic E-state index is 13.7. The molecule has 4 rings (SSSR count). The van der Waals surface area contributed by atoms with Gasteiger partial charge in [-0.3, -0.25) is 24.2 Å². The molecule has 1 unspecified atom stereocenters. The Bertz CT molecular complexity index is 1180. The lowest BCUT2D eigenvalue weighted by atomic mass is 9.84. The third-order valence-corrected chi connectivity index (χ3v) is 8.67. The number of fused-ring (bicyclic) bond motifs is 1. The van der Waals surface area contributed by atoms with Crippen molar-refractivity contribution in [2.45, 2.75) is 57.4 Å². The van der Waals surface area contributed by atoms with Gasteiger partial charge in [0.1, 0.15) is 0 Å². The molecule has 13 heteroatoms. The van der Waals surface area contributed by atoms with Gasteiger partial charge in [-0.25, -0.2) is 4.79 Å². The van der Waals surface area contributed by atoms with Gasteiger partial charge in [0.2, 0.25) is 24.4 Å². The molecule has 3 atom stereocenters. The molecule has 1 aromatic rings. The smallest absolute Gasteiger partial charge is 0.326 e. The molecule has 3 N–H and O–H groups in total. The summed E-state index contributed by atoms with van der Waals surface area (Å²) in [4.78, 5) is 58.5. The van der Waals surface area contributed by atoms with Crippen molar-refractivity contribution in [3.8, 4) is 17.2 Å². The molecule has 3 heterocycles. The molecule has 0 saturated carbocycles.